The van der Waals surface area contributed by atoms with E-state index in [1.807, 2.05) is 12.1 Å². The molecule has 4 nitrogen and oxygen atoms in total. The normalized spacial score (nSPS) is 12.0. The lowest BCUT2D eigenvalue weighted by molar-refractivity contribution is 1.00. The largest absolute Gasteiger partial charge is 0.316 e. The molecule has 2 radical (unpaired) electrons. The Bertz CT molecular complexity index is 992. The van der Waals surface area contributed by atoms with Crippen LogP contribution < -0.4 is 26.6 Å². The Kier molecular flexibility index (Phi) is 6.36. The van der Waals surface area contributed by atoms with Crippen molar-refractivity contribution in [3.05, 3.63) is 82.4 Å². The topological polar surface area (TPSA) is 65.7 Å². The van der Waals surface area contributed by atoms with Gasteiger partial charge >= 0.3 is 0 Å². The van der Waals surface area contributed by atoms with Crippen molar-refractivity contribution in [1.29, 1.82) is 0 Å². The summed E-state index contributed by atoms with van der Waals surface area (Å²) in [5.41, 5.74) is -0.701. The first-order chi connectivity index (χ1) is 11.5. The van der Waals surface area contributed by atoms with Gasteiger partial charge in [0.15, 0.2) is 0 Å². The van der Waals surface area contributed by atoms with Gasteiger partial charge in [0, 0.05) is 9.75 Å². The first kappa shape index (κ1) is 18.4. The molecule has 0 saturated heterocycles. The average Bonchev–Trinajstić information content (AvgIpc) is 3.15. The first-order valence-electron chi connectivity index (χ1n) is 6.68. The van der Waals surface area contributed by atoms with Crippen LogP contribution in [0.2, 0.25) is 0 Å². The molecule has 0 amide bonds. The van der Waals surface area contributed by atoms with E-state index in [2.05, 4.69) is 39.1 Å². The zero-order chi connectivity index (χ0) is 17.7. The van der Waals surface area contributed by atoms with E-state index >= 15 is 0 Å². The molecule has 0 saturated carbocycles. The number of thiophene rings is 2. The second kappa shape index (κ2) is 8.28. The molecule has 0 aromatic carbocycles. The van der Waals surface area contributed by atoms with Crippen molar-refractivity contribution in [2.24, 2.45) is 0 Å². The summed E-state index contributed by atoms with van der Waals surface area (Å²) in [6.45, 7) is 6.00. The van der Waals surface area contributed by atoms with Gasteiger partial charge in [-0.1, -0.05) is 6.07 Å². The van der Waals surface area contributed by atoms with Crippen molar-refractivity contribution in [3.8, 4) is 0 Å². The van der Waals surface area contributed by atoms with Gasteiger partial charge in [0.05, 0.1) is 3.79 Å². The SMILES string of the molecule is C=C.[B]c1ccc(/C=c2/[nH]c(=O)/c(=C/c3ccc(Br)s3)[nH]c2=O)s1. The van der Waals surface area contributed by atoms with E-state index in [0.717, 1.165) is 13.5 Å². The Hall–Kier alpha value is -1.90. The van der Waals surface area contributed by atoms with Crippen molar-refractivity contribution in [2.45, 2.75) is 0 Å². The van der Waals surface area contributed by atoms with Crippen LogP contribution in [-0.2, 0) is 0 Å². The molecule has 0 spiro atoms. The number of hydrogen-bond donors (Lipinski definition) is 2. The second-order valence-electron chi connectivity index (χ2n) is 4.41. The number of hydrogen-bond acceptors (Lipinski definition) is 4. The van der Waals surface area contributed by atoms with Crippen LogP contribution in [-0.4, -0.2) is 17.8 Å². The number of aromatic amines is 2. The number of rotatable bonds is 2. The maximum Gasteiger partial charge on any atom is 0.272 e. The summed E-state index contributed by atoms with van der Waals surface area (Å²) >= 11 is 6.17. The Balaban J connectivity index is 0.00000100. The fourth-order valence-corrected chi connectivity index (χ4v) is 3.92. The molecule has 8 heteroatoms. The highest BCUT2D eigenvalue weighted by molar-refractivity contribution is 9.11. The maximum atomic E-state index is 12.1. The molecule has 2 N–H and O–H groups in total. The Morgan fingerprint density at radius 2 is 1.42 bits per heavy atom. The third kappa shape index (κ3) is 4.56. The van der Waals surface area contributed by atoms with Crippen LogP contribution in [0, 0.1) is 0 Å². The third-order valence-corrected chi connectivity index (χ3v) is 5.23. The number of H-pyrrole nitrogens is 2. The minimum absolute atomic E-state index is 0.205. The highest BCUT2D eigenvalue weighted by Gasteiger charge is 1.99. The van der Waals surface area contributed by atoms with Crippen LogP contribution in [0.15, 0.2) is 50.8 Å². The molecule has 0 aliphatic rings. The first-order valence-corrected chi connectivity index (χ1v) is 9.10. The van der Waals surface area contributed by atoms with E-state index in [1.165, 1.54) is 22.7 Å². The van der Waals surface area contributed by atoms with Gasteiger partial charge in [0.25, 0.3) is 11.1 Å². The van der Waals surface area contributed by atoms with E-state index in [4.69, 9.17) is 7.85 Å². The molecule has 24 heavy (non-hydrogen) atoms. The van der Waals surface area contributed by atoms with Crippen LogP contribution in [0.5, 0.6) is 0 Å². The van der Waals surface area contributed by atoms with Gasteiger partial charge in [0.2, 0.25) is 0 Å². The van der Waals surface area contributed by atoms with Crippen molar-refractivity contribution in [2.75, 3.05) is 0 Å². The van der Waals surface area contributed by atoms with Crippen molar-refractivity contribution in [3.63, 3.8) is 0 Å². The Morgan fingerprint density at radius 1 is 0.917 bits per heavy atom. The van der Waals surface area contributed by atoms with E-state index in [-0.39, 0.29) is 21.8 Å². The Labute approximate surface area is 155 Å². The highest BCUT2D eigenvalue weighted by atomic mass is 79.9. The standard InChI is InChI=1S/C14H8BBrN2O2S2.C2H4/c15-11-3-1-7(21-11)5-9-13(19)18-10(14(20)17-9)6-8-2-4-12(16)22-8;1-2/h1-6H,(H,17,20)(H,18,19);1-2H2/b9-5+,10-6-;. The van der Waals surface area contributed by atoms with E-state index in [9.17, 15) is 9.59 Å². The van der Waals surface area contributed by atoms with Crippen LogP contribution in [0.25, 0.3) is 12.2 Å². The zero-order valence-corrected chi connectivity index (χ0v) is 15.7. The molecule has 0 fully saturated rings. The second-order valence-corrected chi connectivity index (χ2v) is 8.05. The fraction of sp³-hybridized carbons (Fsp3) is 0. The van der Waals surface area contributed by atoms with E-state index in [1.54, 1.807) is 24.3 Å². The summed E-state index contributed by atoms with van der Waals surface area (Å²) in [4.78, 5) is 31.1. The maximum absolute atomic E-state index is 12.1. The van der Waals surface area contributed by atoms with Crippen molar-refractivity contribution < 1.29 is 0 Å². The van der Waals surface area contributed by atoms with Gasteiger partial charge in [-0.25, -0.2) is 0 Å². The molecule has 3 rings (SSSR count). The van der Waals surface area contributed by atoms with Crippen LogP contribution >= 0.6 is 38.6 Å². The van der Waals surface area contributed by atoms with Crippen LogP contribution in [0.4, 0.5) is 0 Å². The highest BCUT2D eigenvalue weighted by Crippen LogP contribution is 2.22. The van der Waals surface area contributed by atoms with Gasteiger partial charge in [-0.3, -0.25) is 9.59 Å². The van der Waals surface area contributed by atoms with Crippen molar-refractivity contribution >= 4 is 63.4 Å². The third-order valence-electron chi connectivity index (χ3n) is 2.80. The molecular formula is C16H12BBrN2O2S2. The molecule has 3 heterocycles. The average molecular weight is 419 g/mol. The molecule has 0 bridgehead atoms. The van der Waals surface area contributed by atoms with Gasteiger partial charge in [0.1, 0.15) is 18.5 Å². The summed E-state index contributed by atoms with van der Waals surface area (Å²) in [5.74, 6) is 0. The predicted molar refractivity (Wildman–Crippen MR) is 107 cm³/mol. The van der Waals surface area contributed by atoms with Gasteiger partial charge in [-0.15, -0.1) is 24.5 Å². The predicted octanol–water partition coefficient (Wildman–Crippen LogP) is 1.20. The van der Waals surface area contributed by atoms with Gasteiger partial charge < -0.3 is 9.97 Å². The van der Waals surface area contributed by atoms with Gasteiger partial charge in [-0.05, 0) is 51.1 Å². The number of aromatic nitrogens is 2. The monoisotopic (exact) mass is 418 g/mol. The summed E-state index contributed by atoms with van der Waals surface area (Å²) in [6, 6.07) is 7.29. The van der Waals surface area contributed by atoms with Gasteiger partial charge in [-0.2, -0.15) is 11.3 Å². The number of nitrogens with one attached hydrogen (secondary N) is 2. The summed E-state index contributed by atoms with van der Waals surface area (Å²) in [5, 5.41) is 0.429. The molecule has 0 unspecified atom stereocenters. The minimum atomic E-state index is -0.353. The minimum Gasteiger partial charge on any atom is -0.316 e. The lowest BCUT2D eigenvalue weighted by atomic mass is 10.1. The Morgan fingerprint density at radius 3 is 1.83 bits per heavy atom. The lowest BCUT2D eigenvalue weighted by Gasteiger charge is -1.90. The summed E-state index contributed by atoms with van der Waals surface area (Å²) < 4.78 is 1.61. The molecule has 0 aliphatic carbocycles. The molecule has 3 aromatic rings. The fourth-order valence-electron chi connectivity index (χ4n) is 1.83. The quantitative estimate of drug-likeness (QED) is 0.485. The summed E-state index contributed by atoms with van der Waals surface area (Å²) in [6.07, 6.45) is 3.25. The summed E-state index contributed by atoms with van der Waals surface area (Å²) in [7, 11) is 5.65. The molecule has 0 aliphatic heterocycles. The van der Waals surface area contributed by atoms with Crippen LogP contribution in [0.1, 0.15) is 9.75 Å². The molecule has 0 atom stereocenters. The zero-order valence-electron chi connectivity index (χ0n) is 12.5. The molecule has 120 valence electrons. The smallest absolute Gasteiger partial charge is 0.272 e. The van der Waals surface area contributed by atoms with E-state index < -0.39 is 0 Å². The number of halogens is 1. The lowest BCUT2D eigenvalue weighted by Crippen LogP contribution is -2.46. The van der Waals surface area contributed by atoms with Crippen molar-refractivity contribution in [1.82, 2.24) is 9.97 Å². The molecule has 3 aromatic heterocycles. The molecular weight excluding hydrogens is 407 g/mol. The van der Waals surface area contributed by atoms with E-state index in [0.29, 0.717) is 4.78 Å². The van der Waals surface area contributed by atoms with Crippen LogP contribution in [0.3, 0.4) is 0 Å².